The van der Waals surface area contributed by atoms with Gasteiger partial charge in [0.1, 0.15) is 5.82 Å². The standard InChI is InChI=1S/C19H17F3N4O2/c20-19(21,22)14-4-1-3-12(9-14)17-24-18(28-25-17)13-6-7-16(23-10-13)26-8-2-5-15(27)11-26/h1,3-4,6-7,9-10,15,27H,2,5,8,11H2/t15-/m0/s1. The summed E-state index contributed by atoms with van der Waals surface area (Å²) in [5, 5.41) is 13.6. The van der Waals surface area contributed by atoms with Crippen LogP contribution in [0.25, 0.3) is 22.8 Å². The molecule has 0 amide bonds. The molecule has 28 heavy (non-hydrogen) atoms. The van der Waals surface area contributed by atoms with E-state index in [4.69, 9.17) is 4.52 Å². The first kappa shape index (κ1) is 18.4. The molecule has 1 fully saturated rings. The number of pyridine rings is 1. The second kappa shape index (κ2) is 7.23. The zero-order valence-corrected chi connectivity index (χ0v) is 14.7. The predicted octanol–water partition coefficient (Wildman–Crippen LogP) is 3.78. The topological polar surface area (TPSA) is 75.3 Å². The molecular formula is C19H17F3N4O2. The Kier molecular flexibility index (Phi) is 4.76. The number of hydrogen-bond acceptors (Lipinski definition) is 6. The van der Waals surface area contributed by atoms with Crippen molar-refractivity contribution in [3.05, 3.63) is 48.2 Å². The van der Waals surface area contributed by atoms with Crippen LogP contribution in [0.4, 0.5) is 19.0 Å². The van der Waals surface area contributed by atoms with Gasteiger partial charge in [0.05, 0.1) is 17.2 Å². The number of piperidine rings is 1. The SMILES string of the molecule is O[C@H]1CCCN(c2ccc(-c3nc(-c4cccc(C(F)(F)F)c4)no3)cn2)C1. The summed E-state index contributed by atoms with van der Waals surface area (Å²) in [4.78, 5) is 10.6. The molecule has 0 spiro atoms. The lowest BCUT2D eigenvalue weighted by Gasteiger charge is -2.30. The van der Waals surface area contributed by atoms with Gasteiger partial charge >= 0.3 is 6.18 Å². The van der Waals surface area contributed by atoms with Gasteiger partial charge in [-0.2, -0.15) is 18.2 Å². The van der Waals surface area contributed by atoms with E-state index < -0.39 is 11.7 Å². The third-order valence-corrected chi connectivity index (χ3v) is 4.59. The summed E-state index contributed by atoms with van der Waals surface area (Å²) < 4.78 is 43.8. The van der Waals surface area contributed by atoms with Crippen molar-refractivity contribution in [2.75, 3.05) is 18.0 Å². The highest BCUT2D eigenvalue weighted by molar-refractivity contribution is 5.61. The van der Waals surface area contributed by atoms with Crippen molar-refractivity contribution in [2.24, 2.45) is 0 Å². The summed E-state index contributed by atoms with van der Waals surface area (Å²) in [6.45, 7) is 1.36. The van der Waals surface area contributed by atoms with Crippen LogP contribution in [0.1, 0.15) is 18.4 Å². The first-order valence-electron chi connectivity index (χ1n) is 8.81. The molecular weight excluding hydrogens is 373 g/mol. The first-order valence-corrected chi connectivity index (χ1v) is 8.81. The van der Waals surface area contributed by atoms with Crippen molar-refractivity contribution in [2.45, 2.75) is 25.1 Å². The Hall–Kier alpha value is -2.94. The van der Waals surface area contributed by atoms with Gasteiger partial charge in [0.25, 0.3) is 5.89 Å². The molecule has 0 saturated carbocycles. The summed E-state index contributed by atoms with van der Waals surface area (Å²) in [5.41, 5.74) is 0.00910. The van der Waals surface area contributed by atoms with Crippen LogP contribution in [0, 0.1) is 0 Å². The van der Waals surface area contributed by atoms with Crippen molar-refractivity contribution in [3.63, 3.8) is 0 Å². The Bertz CT molecular complexity index is 956. The van der Waals surface area contributed by atoms with E-state index >= 15 is 0 Å². The maximum Gasteiger partial charge on any atom is 0.416 e. The number of aromatic nitrogens is 3. The molecule has 1 aliphatic rings. The normalized spacial score (nSPS) is 17.7. The largest absolute Gasteiger partial charge is 0.416 e. The van der Waals surface area contributed by atoms with Gasteiger partial charge in [-0.3, -0.25) is 0 Å². The first-order chi connectivity index (χ1) is 13.4. The number of rotatable bonds is 3. The summed E-state index contributed by atoms with van der Waals surface area (Å²) in [5.74, 6) is 0.981. The lowest BCUT2D eigenvalue weighted by atomic mass is 10.1. The Morgan fingerprint density at radius 3 is 2.71 bits per heavy atom. The second-order valence-corrected chi connectivity index (χ2v) is 6.65. The summed E-state index contributed by atoms with van der Waals surface area (Å²) in [7, 11) is 0. The maximum absolute atomic E-state index is 12.9. The molecule has 146 valence electrons. The molecule has 0 aliphatic carbocycles. The Morgan fingerprint density at radius 2 is 2.00 bits per heavy atom. The molecule has 0 unspecified atom stereocenters. The van der Waals surface area contributed by atoms with Gasteiger partial charge in [0, 0.05) is 24.8 Å². The molecule has 0 radical (unpaired) electrons. The fourth-order valence-corrected chi connectivity index (χ4v) is 3.16. The third kappa shape index (κ3) is 3.84. The number of hydrogen-bond donors (Lipinski definition) is 1. The van der Waals surface area contributed by atoms with Crippen LogP contribution in [-0.4, -0.2) is 39.4 Å². The van der Waals surface area contributed by atoms with Gasteiger partial charge in [-0.15, -0.1) is 0 Å². The average molecular weight is 390 g/mol. The highest BCUT2D eigenvalue weighted by atomic mass is 19.4. The highest BCUT2D eigenvalue weighted by Crippen LogP contribution is 2.32. The number of anilines is 1. The van der Waals surface area contributed by atoms with E-state index in [2.05, 4.69) is 15.1 Å². The van der Waals surface area contributed by atoms with Gasteiger partial charge < -0.3 is 14.5 Å². The molecule has 3 aromatic rings. The fraction of sp³-hybridized carbons (Fsp3) is 0.316. The van der Waals surface area contributed by atoms with Crippen LogP contribution in [0.3, 0.4) is 0 Å². The number of aliphatic hydroxyl groups excluding tert-OH is 1. The number of nitrogens with zero attached hydrogens (tertiary/aromatic N) is 4. The lowest BCUT2D eigenvalue weighted by molar-refractivity contribution is -0.137. The second-order valence-electron chi connectivity index (χ2n) is 6.65. The van der Waals surface area contributed by atoms with E-state index in [-0.39, 0.29) is 23.4 Å². The van der Waals surface area contributed by atoms with E-state index in [0.717, 1.165) is 37.3 Å². The highest BCUT2D eigenvalue weighted by Gasteiger charge is 2.30. The summed E-state index contributed by atoms with van der Waals surface area (Å²) in [6, 6.07) is 8.32. The predicted molar refractivity (Wildman–Crippen MR) is 95.4 cm³/mol. The van der Waals surface area contributed by atoms with Crippen LogP contribution < -0.4 is 4.90 Å². The molecule has 1 atom stereocenters. The molecule has 6 nitrogen and oxygen atoms in total. The minimum Gasteiger partial charge on any atom is -0.391 e. The maximum atomic E-state index is 12.9. The molecule has 4 rings (SSSR count). The molecule has 1 saturated heterocycles. The van der Waals surface area contributed by atoms with E-state index in [1.165, 1.54) is 12.1 Å². The van der Waals surface area contributed by atoms with Crippen LogP contribution in [0.2, 0.25) is 0 Å². The monoisotopic (exact) mass is 390 g/mol. The summed E-state index contributed by atoms with van der Waals surface area (Å²) in [6.07, 6.45) is -1.55. The number of aliphatic hydroxyl groups is 1. The summed E-state index contributed by atoms with van der Waals surface area (Å²) >= 11 is 0. The Balaban J connectivity index is 1.55. The van der Waals surface area contributed by atoms with E-state index in [1.54, 1.807) is 18.3 Å². The van der Waals surface area contributed by atoms with Gasteiger partial charge in [0.2, 0.25) is 5.82 Å². The lowest BCUT2D eigenvalue weighted by Crippen LogP contribution is -2.38. The molecule has 9 heteroatoms. The van der Waals surface area contributed by atoms with E-state index in [1.807, 2.05) is 4.90 Å². The minimum absolute atomic E-state index is 0.0735. The van der Waals surface area contributed by atoms with Crippen LogP contribution in [0.15, 0.2) is 47.1 Å². The zero-order chi connectivity index (χ0) is 19.7. The van der Waals surface area contributed by atoms with Crippen molar-refractivity contribution >= 4 is 5.82 Å². The Morgan fingerprint density at radius 1 is 1.14 bits per heavy atom. The molecule has 1 aliphatic heterocycles. The number of β-amino-alcohol motifs (C(OH)–C–C–N with tert-alkyl or cyclic N) is 1. The number of benzene rings is 1. The van der Waals surface area contributed by atoms with Crippen LogP contribution in [-0.2, 0) is 6.18 Å². The zero-order valence-electron chi connectivity index (χ0n) is 14.7. The van der Waals surface area contributed by atoms with Crippen molar-refractivity contribution < 1.29 is 22.8 Å². The molecule has 1 N–H and O–H groups in total. The van der Waals surface area contributed by atoms with Crippen molar-refractivity contribution in [1.29, 1.82) is 0 Å². The van der Waals surface area contributed by atoms with Crippen LogP contribution in [0.5, 0.6) is 0 Å². The average Bonchev–Trinajstić information content (AvgIpc) is 3.18. The van der Waals surface area contributed by atoms with Gasteiger partial charge in [-0.1, -0.05) is 17.3 Å². The Labute approximate surface area is 158 Å². The van der Waals surface area contributed by atoms with Crippen molar-refractivity contribution in [3.8, 4) is 22.8 Å². The van der Waals surface area contributed by atoms with E-state index in [9.17, 15) is 18.3 Å². The van der Waals surface area contributed by atoms with Gasteiger partial charge in [-0.05, 0) is 37.1 Å². The minimum atomic E-state index is -4.44. The molecule has 1 aromatic carbocycles. The molecule has 3 heterocycles. The fourth-order valence-electron chi connectivity index (χ4n) is 3.16. The van der Waals surface area contributed by atoms with Gasteiger partial charge in [0.15, 0.2) is 0 Å². The molecule has 0 bridgehead atoms. The van der Waals surface area contributed by atoms with Crippen molar-refractivity contribution in [1.82, 2.24) is 15.1 Å². The number of alkyl halides is 3. The third-order valence-electron chi connectivity index (χ3n) is 4.59. The van der Waals surface area contributed by atoms with E-state index in [0.29, 0.717) is 12.1 Å². The molecule has 2 aromatic heterocycles. The number of halogens is 3. The van der Waals surface area contributed by atoms with Gasteiger partial charge in [-0.25, -0.2) is 4.98 Å². The quantitative estimate of drug-likeness (QED) is 0.734. The smallest absolute Gasteiger partial charge is 0.391 e. The van der Waals surface area contributed by atoms with Crippen LogP contribution >= 0.6 is 0 Å².